The number of piperidine rings is 1. The van der Waals surface area contributed by atoms with Crippen LogP contribution in [0.5, 0.6) is 0 Å². The maximum absolute atomic E-state index is 14.4. The SMILES string of the molecule is COC(=O)[C@H]1C(=O)N2c3ccccc3C(=O)OC2C[C@@H]1c1ccccc1F. The molecule has 0 aliphatic carbocycles. The summed E-state index contributed by atoms with van der Waals surface area (Å²) >= 11 is 0. The molecule has 3 atom stereocenters. The Labute approximate surface area is 154 Å². The summed E-state index contributed by atoms with van der Waals surface area (Å²) in [5.41, 5.74) is 0.843. The smallest absolute Gasteiger partial charge is 0.342 e. The molecule has 7 heteroatoms. The summed E-state index contributed by atoms with van der Waals surface area (Å²) in [5, 5.41) is 0. The van der Waals surface area contributed by atoms with Gasteiger partial charge in [-0.25, -0.2) is 9.18 Å². The number of hydrogen-bond acceptors (Lipinski definition) is 5. The van der Waals surface area contributed by atoms with Gasteiger partial charge in [0.15, 0.2) is 6.23 Å². The van der Waals surface area contributed by atoms with E-state index in [1.54, 1.807) is 30.3 Å². The topological polar surface area (TPSA) is 72.9 Å². The first-order valence-corrected chi connectivity index (χ1v) is 8.48. The van der Waals surface area contributed by atoms with Crippen molar-refractivity contribution in [2.24, 2.45) is 5.92 Å². The molecule has 2 aliphatic rings. The second-order valence-electron chi connectivity index (χ2n) is 6.45. The minimum atomic E-state index is -1.23. The van der Waals surface area contributed by atoms with Gasteiger partial charge in [-0.15, -0.1) is 0 Å². The molecule has 138 valence electrons. The van der Waals surface area contributed by atoms with Gasteiger partial charge in [0.1, 0.15) is 11.7 Å². The molecule has 6 nitrogen and oxygen atoms in total. The van der Waals surface area contributed by atoms with Crippen LogP contribution in [0.4, 0.5) is 10.1 Å². The highest BCUT2D eigenvalue weighted by Crippen LogP contribution is 2.43. The number of esters is 2. The number of methoxy groups -OCH3 is 1. The molecule has 0 bridgehead atoms. The molecule has 1 unspecified atom stereocenters. The molecular formula is C20H16FNO5. The van der Waals surface area contributed by atoms with Crippen molar-refractivity contribution in [2.75, 3.05) is 12.0 Å². The standard InChI is InChI=1S/C20H16FNO5/c1-26-20(25)17-13(11-6-2-4-8-14(11)21)10-16-22(18(17)23)15-9-5-3-7-12(15)19(24)27-16/h2-9,13,16-17H,10H2,1H3/t13-,16?,17-/m1/s1. The van der Waals surface area contributed by atoms with Gasteiger partial charge >= 0.3 is 11.9 Å². The first-order valence-electron chi connectivity index (χ1n) is 8.48. The van der Waals surface area contributed by atoms with Gasteiger partial charge in [-0.1, -0.05) is 30.3 Å². The van der Waals surface area contributed by atoms with Crippen LogP contribution in [0, 0.1) is 11.7 Å². The van der Waals surface area contributed by atoms with Crippen molar-refractivity contribution in [1.29, 1.82) is 0 Å². The summed E-state index contributed by atoms with van der Waals surface area (Å²) < 4.78 is 24.7. The largest absolute Gasteiger partial charge is 0.468 e. The number of carbonyl (C=O) groups excluding carboxylic acids is 3. The van der Waals surface area contributed by atoms with E-state index in [1.807, 2.05) is 0 Å². The lowest BCUT2D eigenvalue weighted by Gasteiger charge is -2.44. The molecule has 2 aromatic carbocycles. The van der Waals surface area contributed by atoms with Crippen LogP contribution in [0.25, 0.3) is 0 Å². The number of ether oxygens (including phenoxy) is 2. The number of benzene rings is 2. The quantitative estimate of drug-likeness (QED) is 0.601. The molecule has 1 amide bonds. The van der Waals surface area contributed by atoms with Crippen molar-refractivity contribution >= 4 is 23.5 Å². The minimum Gasteiger partial charge on any atom is -0.468 e. The molecule has 0 N–H and O–H groups in total. The maximum atomic E-state index is 14.4. The lowest BCUT2D eigenvalue weighted by Crippen LogP contribution is -2.57. The summed E-state index contributed by atoms with van der Waals surface area (Å²) in [7, 11) is 1.18. The molecule has 1 fully saturated rings. The van der Waals surface area contributed by atoms with Gasteiger partial charge in [0.05, 0.1) is 18.4 Å². The van der Waals surface area contributed by atoms with Gasteiger partial charge in [-0.05, 0) is 23.8 Å². The summed E-state index contributed by atoms with van der Waals surface area (Å²) in [4.78, 5) is 39.3. The Balaban J connectivity index is 1.83. The number of halogens is 1. The highest BCUT2D eigenvalue weighted by atomic mass is 19.1. The zero-order valence-corrected chi connectivity index (χ0v) is 14.4. The van der Waals surface area contributed by atoms with Gasteiger partial charge in [-0.2, -0.15) is 0 Å². The number of nitrogens with zero attached hydrogens (tertiary/aromatic N) is 1. The fourth-order valence-corrected chi connectivity index (χ4v) is 3.81. The first-order chi connectivity index (χ1) is 13.0. The van der Waals surface area contributed by atoms with E-state index in [2.05, 4.69) is 0 Å². The minimum absolute atomic E-state index is 0.0898. The third kappa shape index (κ3) is 2.66. The van der Waals surface area contributed by atoms with Crippen molar-refractivity contribution in [1.82, 2.24) is 0 Å². The van der Waals surface area contributed by atoms with Crippen molar-refractivity contribution in [3.05, 3.63) is 65.5 Å². The van der Waals surface area contributed by atoms with Crippen LogP contribution in [0.2, 0.25) is 0 Å². The van der Waals surface area contributed by atoms with Crippen molar-refractivity contribution in [3.8, 4) is 0 Å². The summed E-state index contributed by atoms with van der Waals surface area (Å²) in [5.74, 6) is -4.44. The Morgan fingerprint density at radius 3 is 2.59 bits per heavy atom. The lowest BCUT2D eigenvalue weighted by molar-refractivity contribution is -0.153. The van der Waals surface area contributed by atoms with Crippen LogP contribution in [0.3, 0.4) is 0 Å². The zero-order chi connectivity index (χ0) is 19.1. The molecule has 1 saturated heterocycles. The van der Waals surface area contributed by atoms with Crippen LogP contribution in [-0.4, -0.2) is 31.2 Å². The van der Waals surface area contributed by atoms with Gasteiger partial charge < -0.3 is 9.47 Å². The van der Waals surface area contributed by atoms with E-state index in [0.717, 1.165) is 0 Å². The van der Waals surface area contributed by atoms with E-state index < -0.39 is 41.7 Å². The van der Waals surface area contributed by atoms with Crippen molar-refractivity contribution in [2.45, 2.75) is 18.6 Å². The maximum Gasteiger partial charge on any atom is 0.342 e. The molecule has 0 saturated carbocycles. The van der Waals surface area contributed by atoms with Crippen molar-refractivity contribution in [3.63, 3.8) is 0 Å². The van der Waals surface area contributed by atoms with E-state index in [-0.39, 0.29) is 17.5 Å². The van der Waals surface area contributed by atoms with Gasteiger partial charge in [0.2, 0.25) is 5.91 Å². The fraction of sp³-hybridized carbons (Fsp3) is 0.250. The molecule has 0 aromatic heterocycles. The third-order valence-corrected chi connectivity index (χ3v) is 5.04. The molecule has 27 heavy (non-hydrogen) atoms. The molecule has 2 aromatic rings. The van der Waals surface area contributed by atoms with Crippen LogP contribution in [0.1, 0.15) is 28.3 Å². The summed E-state index contributed by atoms with van der Waals surface area (Å²) in [6, 6.07) is 12.5. The van der Waals surface area contributed by atoms with Crippen LogP contribution in [-0.2, 0) is 19.1 Å². The van der Waals surface area contributed by atoms with Gasteiger partial charge in [0.25, 0.3) is 0 Å². The number of rotatable bonds is 2. The Morgan fingerprint density at radius 1 is 1.15 bits per heavy atom. The zero-order valence-electron chi connectivity index (χ0n) is 14.4. The monoisotopic (exact) mass is 369 g/mol. The lowest BCUT2D eigenvalue weighted by atomic mass is 9.78. The Kier molecular flexibility index (Phi) is 4.14. The average molecular weight is 369 g/mol. The predicted octanol–water partition coefficient (Wildman–Crippen LogP) is 2.63. The molecular weight excluding hydrogens is 353 g/mol. The first kappa shape index (κ1) is 17.2. The second-order valence-corrected chi connectivity index (χ2v) is 6.45. The Hall–Kier alpha value is -3.22. The number of para-hydroxylation sites is 1. The fourth-order valence-electron chi connectivity index (χ4n) is 3.81. The highest BCUT2D eigenvalue weighted by molar-refractivity contribution is 6.12. The number of carbonyl (C=O) groups is 3. The number of amides is 1. The average Bonchev–Trinajstić information content (AvgIpc) is 2.67. The van der Waals surface area contributed by atoms with Crippen LogP contribution >= 0.6 is 0 Å². The Bertz CT molecular complexity index is 943. The van der Waals surface area contributed by atoms with Crippen molar-refractivity contribution < 1.29 is 28.2 Å². The molecule has 0 spiro atoms. The molecule has 4 rings (SSSR count). The third-order valence-electron chi connectivity index (χ3n) is 5.04. The molecule has 2 aliphatic heterocycles. The van der Waals surface area contributed by atoms with Gasteiger partial charge in [-0.3, -0.25) is 14.5 Å². The van der Waals surface area contributed by atoms with E-state index in [0.29, 0.717) is 5.69 Å². The number of hydrogen-bond donors (Lipinski definition) is 0. The van der Waals surface area contributed by atoms with E-state index in [4.69, 9.17) is 9.47 Å². The van der Waals surface area contributed by atoms with Crippen LogP contribution < -0.4 is 4.90 Å². The Morgan fingerprint density at radius 2 is 1.85 bits per heavy atom. The molecule has 0 radical (unpaired) electrons. The summed E-state index contributed by atoms with van der Waals surface area (Å²) in [6.45, 7) is 0. The normalized spacial score (nSPS) is 23.9. The molecule has 2 heterocycles. The van der Waals surface area contributed by atoms with E-state index in [1.165, 1.54) is 30.2 Å². The number of anilines is 1. The second kappa shape index (κ2) is 6.50. The highest BCUT2D eigenvalue weighted by Gasteiger charge is 2.51. The number of fused-ring (bicyclic) bond motifs is 3. The van der Waals surface area contributed by atoms with Gasteiger partial charge in [0, 0.05) is 12.3 Å². The predicted molar refractivity (Wildman–Crippen MR) is 92.4 cm³/mol. The summed E-state index contributed by atoms with van der Waals surface area (Å²) in [6.07, 6.45) is -0.822. The van der Waals surface area contributed by atoms with E-state index >= 15 is 0 Å². The van der Waals surface area contributed by atoms with Crippen LogP contribution in [0.15, 0.2) is 48.5 Å². The van der Waals surface area contributed by atoms with E-state index in [9.17, 15) is 18.8 Å².